The van der Waals surface area contributed by atoms with Gasteiger partial charge >= 0.3 is 11.9 Å². The number of esters is 2. The first kappa shape index (κ1) is 32.1. The molecule has 1 aliphatic carbocycles. The van der Waals surface area contributed by atoms with Gasteiger partial charge in [0.05, 0.1) is 12.1 Å². The number of aliphatic hydroxyl groups excluding tert-OH is 1. The van der Waals surface area contributed by atoms with Crippen molar-refractivity contribution in [2.24, 2.45) is 0 Å². The Morgan fingerprint density at radius 1 is 1.16 bits per heavy atom. The van der Waals surface area contributed by atoms with Crippen molar-refractivity contribution in [2.45, 2.75) is 95.9 Å². The second-order valence-electron chi connectivity index (χ2n) is 9.71. The van der Waals surface area contributed by atoms with Crippen LogP contribution in [0.4, 0.5) is 4.39 Å². The molecule has 1 amide bonds. The molecule has 0 aromatic heterocycles. The van der Waals surface area contributed by atoms with Crippen molar-refractivity contribution < 1.29 is 33.4 Å². The molecule has 0 bridgehead atoms. The van der Waals surface area contributed by atoms with E-state index in [0.29, 0.717) is 45.1 Å². The Hall–Kier alpha value is -2.13. The molecule has 0 aromatic carbocycles. The van der Waals surface area contributed by atoms with Crippen LogP contribution in [0.3, 0.4) is 0 Å². The molecule has 38 heavy (non-hydrogen) atoms. The Labute approximate surface area is 230 Å². The third-order valence-electron chi connectivity index (χ3n) is 6.49. The summed E-state index contributed by atoms with van der Waals surface area (Å²) >= 11 is 1.69. The number of allylic oxidation sites excluding steroid dienone is 3. The van der Waals surface area contributed by atoms with Gasteiger partial charge in [-0.2, -0.15) is 11.8 Å². The molecule has 1 fully saturated rings. The molecule has 7 nitrogen and oxygen atoms in total. The topological polar surface area (TPSA) is 93.1 Å². The lowest BCUT2D eigenvalue weighted by molar-refractivity contribution is -0.152. The van der Waals surface area contributed by atoms with Crippen molar-refractivity contribution in [1.82, 2.24) is 4.90 Å². The molecule has 1 unspecified atom stereocenters. The molecule has 0 aromatic rings. The Morgan fingerprint density at radius 3 is 2.58 bits per heavy atom. The largest absolute Gasteiger partial charge is 0.462 e. The molecule has 0 saturated carbocycles. The number of nitrogens with zero attached hydrogens (tertiary/aromatic N) is 1. The van der Waals surface area contributed by atoms with Crippen LogP contribution in [0.2, 0.25) is 0 Å². The average Bonchev–Trinajstić information content (AvgIpc) is 3.25. The van der Waals surface area contributed by atoms with E-state index in [2.05, 4.69) is 6.92 Å². The van der Waals surface area contributed by atoms with E-state index in [0.717, 1.165) is 49.2 Å². The standard InChI is InChI=1S/C29H44FNO6S/c1-2-3-4-5-7-28(34)36-18-19-37-29(35)8-6-20-38-21-17-31-25(14-16-27(31)33)13-15-26(32)22-23-9-11-24(30)12-10-23/h9-11,13,15,24-26,32H,2-8,12,14,16-22H2,1H3/b15-13+/t24?,25-,26+/m0/s1. The third-order valence-corrected chi connectivity index (χ3v) is 7.54. The molecule has 214 valence electrons. The number of ether oxygens (including phenoxy) is 2. The number of carbonyl (C=O) groups is 3. The fourth-order valence-corrected chi connectivity index (χ4v) is 5.22. The Morgan fingerprint density at radius 2 is 1.89 bits per heavy atom. The van der Waals surface area contributed by atoms with Gasteiger partial charge in [-0.05, 0) is 30.6 Å². The summed E-state index contributed by atoms with van der Waals surface area (Å²) in [5, 5.41) is 10.3. The number of halogens is 1. The minimum atomic E-state index is -0.941. The van der Waals surface area contributed by atoms with Gasteiger partial charge in [-0.3, -0.25) is 14.4 Å². The van der Waals surface area contributed by atoms with Gasteiger partial charge in [0.1, 0.15) is 19.4 Å². The zero-order valence-electron chi connectivity index (χ0n) is 22.7. The zero-order valence-corrected chi connectivity index (χ0v) is 23.5. The maximum absolute atomic E-state index is 13.2. The molecular formula is C29H44FNO6S. The third kappa shape index (κ3) is 13.6. The molecule has 1 N–H and O–H groups in total. The lowest BCUT2D eigenvalue weighted by Gasteiger charge is -2.22. The second kappa shape index (κ2) is 19.0. The fraction of sp³-hybridized carbons (Fsp3) is 0.690. The highest BCUT2D eigenvalue weighted by Crippen LogP contribution is 2.22. The van der Waals surface area contributed by atoms with Crippen LogP contribution in [0.25, 0.3) is 0 Å². The number of aliphatic hydroxyl groups is 1. The summed E-state index contributed by atoms with van der Waals surface area (Å²) in [6.07, 6.45) is 14.6. The summed E-state index contributed by atoms with van der Waals surface area (Å²) in [5.41, 5.74) is 0.923. The van der Waals surface area contributed by atoms with Gasteiger partial charge in [0.25, 0.3) is 0 Å². The minimum absolute atomic E-state index is 0.0238. The Balaban J connectivity index is 1.52. The van der Waals surface area contributed by atoms with Crippen LogP contribution in [0, 0.1) is 0 Å². The van der Waals surface area contributed by atoms with Gasteiger partial charge in [-0.25, -0.2) is 4.39 Å². The smallest absolute Gasteiger partial charge is 0.305 e. The van der Waals surface area contributed by atoms with Crippen LogP contribution in [0.15, 0.2) is 36.0 Å². The van der Waals surface area contributed by atoms with E-state index >= 15 is 0 Å². The highest BCUT2D eigenvalue weighted by molar-refractivity contribution is 7.99. The van der Waals surface area contributed by atoms with Crippen LogP contribution < -0.4 is 0 Å². The molecule has 2 rings (SSSR count). The lowest BCUT2D eigenvalue weighted by Crippen LogP contribution is -2.34. The molecule has 0 radical (unpaired) electrons. The van der Waals surface area contributed by atoms with E-state index in [1.54, 1.807) is 23.9 Å². The van der Waals surface area contributed by atoms with Gasteiger partial charge in [0.15, 0.2) is 0 Å². The molecule has 9 heteroatoms. The fourth-order valence-electron chi connectivity index (χ4n) is 4.34. The van der Waals surface area contributed by atoms with Crippen molar-refractivity contribution in [2.75, 3.05) is 31.3 Å². The number of hydrogen-bond donors (Lipinski definition) is 1. The van der Waals surface area contributed by atoms with Crippen LogP contribution in [-0.2, 0) is 23.9 Å². The molecule has 1 saturated heterocycles. The second-order valence-corrected chi connectivity index (χ2v) is 10.9. The Bertz CT molecular complexity index is 830. The van der Waals surface area contributed by atoms with Crippen molar-refractivity contribution in [3.05, 3.63) is 36.0 Å². The first-order valence-corrected chi connectivity index (χ1v) is 15.1. The van der Waals surface area contributed by atoms with Gasteiger partial charge in [0.2, 0.25) is 5.91 Å². The van der Waals surface area contributed by atoms with Crippen molar-refractivity contribution in [1.29, 1.82) is 0 Å². The van der Waals surface area contributed by atoms with Crippen LogP contribution in [-0.4, -0.2) is 77.4 Å². The average molecular weight is 554 g/mol. The maximum Gasteiger partial charge on any atom is 0.305 e. The molecule has 0 spiro atoms. The first-order valence-electron chi connectivity index (χ1n) is 13.9. The normalized spacial score (nSPS) is 20.1. The first-order chi connectivity index (χ1) is 18.4. The number of hydrogen-bond acceptors (Lipinski definition) is 7. The quantitative estimate of drug-likeness (QED) is 0.135. The maximum atomic E-state index is 13.2. The van der Waals surface area contributed by atoms with E-state index in [4.69, 9.17) is 9.47 Å². The van der Waals surface area contributed by atoms with E-state index in [1.807, 2.05) is 17.1 Å². The number of likely N-dealkylation sites (tertiary alicyclic amines) is 1. The molecule has 1 aliphatic heterocycles. The summed E-state index contributed by atoms with van der Waals surface area (Å²) in [6, 6.07) is -0.0238. The predicted molar refractivity (Wildman–Crippen MR) is 148 cm³/mol. The summed E-state index contributed by atoms with van der Waals surface area (Å²) < 4.78 is 23.4. The highest BCUT2D eigenvalue weighted by atomic mass is 32.2. The summed E-state index contributed by atoms with van der Waals surface area (Å²) in [6.45, 7) is 2.92. The molecule has 3 atom stereocenters. The molecular weight excluding hydrogens is 509 g/mol. The molecule has 1 heterocycles. The summed E-state index contributed by atoms with van der Waals surface area (Å²) in [7, 11) is 0. The minimum Gasteiger partial charge on any atom is -0.462 e. The van der Waals surface area contributed by atoms with Gasteiger partial charge < -0.3 is 19.5 Å². The number of carbonyl (C=O) groups excluding carboxylic acids is 3. The van der Waals surface area contributed by atoms with E-state index in [-0.39, 0.29) is 37.1 Å². The lowest BCUT2D eigenvalue weighted by atomic mass is 10.00. The monoisotopic (exact) mass is 553 g/mol. The number of alkyl halides is 1. The van der Waals surface area contributed by atoms with Crippen molar-refractivity contribution in [3.63, 3.8) is 0 Å². The van der Waals surface area contributed by atoms with Crippen LogP contribution in [0.1, 0.15) is 77.6 Å². The predicted octanol–water partition coefficient (Wildman–Crippen LogP) is 5.08. The number of unbranched alkanes of at least 4 members (excludes halogenated alkanes) is 3. The number of rotatable bonds is 19. The number of thioether (sulfide) groups is 1. The van der Waals surface area contributed by atoms with Crippen LogP contribution in [0.5, 0.6) is 0 Å². The Kier molecular flexibility index (Phi) is 16.1. The summed E-state index contributed by atoms with van der Waals surface area (Å²) in [4.78, 5) is 37.6. The van der Waals surface area contributed by atoms with Crippen LogP contribution >= 0.6 is 11.8 Å². The van der Waals surface area contributed by atoms with E-state index in [1.165, 1.54) is 6.08 Å². The number of amides is 1. The summed E-state index contributed by atoms with van der Waals surface area (Å²) in [5.74, 6) is 1.12. The zero-order chi connectivity index (χ0) is 27.6. The van der Waals surface area contributed by atoms with E-state index < -0.39 is 12.3 Å². The van der Waals surface area contributed by atoms with E-state index in [9.17, 15) is 23.9 Å². The SMILES string of the molecule is CCCCCCC(=O)OCCOC(=O)CCCSCCN1C(=O)CC[C@@H]1/C=C/[C@@H](O)CC1=CCC(F)C=C1. The van der Waals surface area contributed by atoms with Crippen molar-refractivity contribution >= 4 is 29.6 Å². The van der Waals surface area contributed by atoms with Gasteiger partial charge in [-0.15, -0.1) is 0 Å². The molecule has 2 aliphatic rings. The highest BCUT2D eigenvalue weighted by Gasteiger charge is 2.28. The van der Waals surface area contributed by atoms with Crippen molar-refractivity contribution in [3.8, 4) is 0 Å². The van der Waals surface area contributed by atoms with Gasteiger partial charge in [-0.1, -0.05) is 56.6 Å². The van der Waals surface area contributed by atoms with Gasteiger partial charge in [0, 0.05) is 44.4 Å².